The molecule has 0 aliphatic carbocycles. The molecule has 5 atom stereocenters. The van der Waals surface area contributed by atoms with Gasteiger partial charge in [0.1, 0.15) is 19.3 Å². The van der Waals surface area contributed by atoms with Crippen LogP contribution >= 0.6 is 15.6 Å². The van der Waals surface area contributed by atoms with E-state index in [2.05, 4.69) is 210 Å². The van der Waals surface area contributed by atoms with E-state index in [9.17, 15) is 43.2 Å². The summed E-state index contributed by atoms with van der Waals surface area (Å²) in [5, 5.41) is 10.6. The molecule has 0 bridgehead atoms. The lowest BCUT2D eigenvalue weighted by Gasteiger charge is -2.21. The first-order chi connectivity index (χ1) is 51.7. The summed E-state index contributed by atoms with van der Waals surface area (Å²) >= 11 is 0. The molecule has 0 heterocycles. The second-order valence-corrected chi connectivity index (χ2v) is 28.0. The van der Waals surface area contributed by atoms with Crippen molar-refractivity contribution < 1.29 is 80.2 Å². The van der Waals surface area contributed by atoms with Crippen LogP contribution in [0.4, 0.5) is 0 Å². The van der Waals surface area contributed by atoms with Gasteiger partial charge in [0.2, 0.25) is 0 Å². The number of hydrogen-bond acceptors (Lipinski definition) is 15. The number of hydrogen-bond donors (Lipinski definition) is 3. The van der Waals surface area contributed by atoms with Gasteiger partial charge in [0.05, 0.1) is 26.4 Å². The Labute approximate surface area is 639 Å². The van der Waals surface area contributed by atoms with Crippen molar-refractivity contribution >= 4 is 39.5 Å². The van der Waals surface area contributed by atoms with Crippen LogP contribution in [0.25, 0.3) is 0 Å². The maximum Gasteiger partial charge on any atom is 0.472 e. The van der Waals surface area contributed by atoms with Crippen LogP contribution in [0.3, 0.4) is 0 Å². The highest BCUT2D eigenvalue weighted by atomic mass is 31.2. The fraction of sp³-hybridized carbons (Fsp3) is 0.563. The van der Waals surface area contributed by atoms with Crippen LogP contribution in [0.5, 0.6) is 0 Å². The van der Waals surface area contributed by atoms with Gasteiger partial charge in [-0.15, -0.1) is 0 Å². The molecule has 0 saturated carbocycles. The third-order valence-corrected chi connectivity index (χ3v) is 17.1. The predicted octanol–water partition coefficient (Wildman–Crippen LogP) is 23.1. The summed E-state index contributed by atoms with van der Waals surface area (Å²) in [4.78, 5) is 73.0. The zero-order valence-corrected chi connectivity index (χ0v) is 66.8. The molecule has 0 aliphatic rings. The minimum absolute atomic E-state index is 0.00584. The highest BCUT2D eigenvalue weighted by Crippen LogP contribution is 2.45. The van der Waals surface area contributed by atoms with Gasteiger partial charge in [-0.05, 0) is 173 Å². The van der Waals surface area contributed by atoms with Gasteiger partial charge >= 0.3 is 39.5 Å². The molecule has 17 nitrogen and oxygen atoms in total. The number of aliphatic hydroxyl groups excluding tert-OH is 1. The highest BCUT2D eigenvalue weighted by Gasteiger charge is 2.30. The van der Waals surface area contributed by atoms with Gasteiger partial charge in [-0.25, -0.2) is 9.13 Å². The van der Waals surface area contributed by atoms with Crippen molar-refractivity contribution in [1.82, 2.24) is 0 Å². The number of aliphatic hydroxyl groups is 1. The normalized spacial score (nSPS) is 15.0. The van der Waals surface area contributed by atoms with E-state index in [4.69, 9.17) is 37.0 Å². The van der Waals surface area contributed by atoms with E-state index in [1.54, 1.807) is 0 Å². The van der Waals surface area contributed by atoms with Crippen LogP contribution in [-0.2, 0) is 65.4 Å². The molecular weight excluding hydrogens is 1380 g/mol. The monoisotopic (exact) mass is 1510 g/mol. The molecule has 0 amide bonds. The van der Waals surface area contributed by atoms with E-state index in [0.29, 0.717) is 44.9 Å². The van der Waals surface area contributed by atoms with Crippen LogP contribution in [0.15, 0.2) is 207 Å². The zero-order chi connectivity index (χ0) is 77.4. The average molecular weight is 1520 g/mol. The first-order valence-electron chi connectivity index (χ1n) is 39.3. The third kappa shape index (κ3) is 75.9. The van der Waals surface area contributed by atoms with Gasteiger partial charge in [0.25, 0.3) is 0 Å². The molecule has 106 heavy (non-hydrogen) atoms. The number of phosphoric acid groups is 2. The van der Waals surface area contributed by atoms with Crippen molar-refractivity contribution in [2.45, 2.75) is 277 Å². The maximum absolute atomic E-state index is 13.1. The summed E-state index contributed by atoms with van der Waals surface area (Å²) in [5.41, 5.74) is 0. The SMILES string of the molecule is CC/C=C\C/C=C\C/C=C\C/C=C\C/C=C\CCCC(=O)OCC(COP(=O)(O)OCC(O)COP(=O)(O)OCC(COC(=O)CCCCCCCCC/C=C\C/C=C\C/C=C\CC)OC(=O)CCCC/C=C\C/C=C\C/C=C\C/C=C\CC)OC(=O)CCC/C=C\C/C=C\C/C=C\C/C=C\C/C=C\CC. The fourth-order valence-electron chi connectivity index (χ4n) is 9.41. The molecule has 0 aliphatic heterocycles. The number of carbonyl (C=O) groups excluding carboxylic acids is 4. The zero-order valence-electron chi connectivity index (χ0n) is 65.0. The lowest BCUT2D eigenvalue weighted by molar-refractivity contribution is -0.161. The maximum atomic E-state index is 13.1. The van der Waals surface area contributed by atoms with Crippen LogP contribution in [0.2, 0.25) is 0 Å². The second kappa shape index (κ2) is 76.8. The quantitative estimate of drug-likeness (QED) is 0.0169. The molecule has 0 aromatic carbocycles. The first-order valence-corrected chi connectivity index (χ1v) is 42.3. The molecule has 0 radical (unpaired) electrons. The third-order valence-electron chi connectivity index (χ3n) is 15.2. The number of esters is 4. The number of unbranched alkanes of at least 4 members (excludes halogenated alkanes) is 11. The number of allylic oxidation sites excluding steroid dienone is 34. The van der Waals surface area contributed by atoms with E-state index >= 15 is 0 Å². The predicted molar refractivity (Wildman–Crippen MR) is 435 cm³/mol. The Kier molecular flexibility index (Phi) is 72.2. The lowest BCUT2D eigenvalue weighted by atomic mass is 10.1. The van der Waals surface area contributed by atoms with Gasteiger partial charge in [-0.1, -0.05) is 266 Å². The molecule has 0 aromatic heterocycles. The topological polar surface area (TPSA) is 237 Å². The van der Waals surface area contributed by atoms with Crippen LogP contribution in [0.1, 0.15) is 259 Å². The molecule has 0 spiro atoms. The second-order valence-electron chi connectivity index (χ2n) is 25.1. The number of rotatable bonds is 71. The van der Waals surface area contributed by atoms with Crippen molar-refractivity contribution in [3.63, 3.8) is 0 Å². The Morgan fingerprint density at radius 3 is 0.774 bits per heavy atom. The summed E-state index contributed by atoms with van der Waals surface area (Å²) in [7, 11) is -10.0. The van der Waals surface area contributed by atoms with E-state index < -0.39 is 97.5 Å². The Hall–Kier alpha value is -6.36. The molecule has 0 fully saturated rings. The molecule has 0 saturated heterocycles. The van der Waals surface area contributed by atoms with Crippen molar-refractivity contribution in [1.29, 1.82) is 0 Å². The summed E-state index contributed by atoms with van der Waals surface area (Å²) in [5.74, 6) is -2.40. The van der Waals surface area contributed by atoms with Crippen molar-refractivity contribution in [3.05, 3.63) is 207 Å². The number of carbonyl (C=O) groups is 4. The minimum atomic E-state index is -5.02. The Morgan fingerprint density at radius 1 is 0.264 bits per heavy atom. The Balaban J connectivity index is 5.54. The van der Waals surface area contributed by atoms with Gasteiger partial charge < -0.3 is 33.8 Å². The standard InChI is InChI=1S/C87H136O17P2/c1-5-9-13-17-21-25-29-33-37-40-44-47-51-55-59-63-67-71-84(89)97-77-82(103-86(91)73-69-65-61-57-53-49-43-36-32-28-24-20-16-12-8-4)79-101-105(93,94)99-75-81(88)76-100-106(95,96)102-80-83(104-87(92)74-70-66-62-58-54-50-46-42-39-35-31-27-23-19-15-11-7-3)78-98-85(90)72-68-64-60-56-52-48-45-41-38-34-30-26-22-18-14-10-6-2/h9-16,21-28,33-39,43,45-46,48,50,53,56-58,60,62,81-83,88H,5-8,17-20,29-32,40-42,44,47,49,51-52,54-55,59,61,63-80H2,1-4H3,(H,93,94)(H,95,96)/b13-9-,14-10-,15-11-,16-12-,25-21-,26-22-,27-23-,28-24-,37-33-,38-34-,39-35-,43-36-,48-45-,50-46-,57-53-,60-56-,62-58-. The number of phosphoric ester groups is 2. The molecule has 0 rings (SSSR count). The smallest absolute Gasteiger partial charge is 0.462 e. The molecule has 3 N–H and O–H groups in total. The average Bonchev–Trinajstić information content (AvgIpc) is 0.902. The molecule has 596 valence electrons. The Bertz CT molecular complexity index is 2830. The summed E-state index contributed by atoms with van der Waals surface area (Å²) in [6.07, 6.45) is 95.5. The van der Waals surface area contributed by atoms with Crippen LogP contribution < -0.4 is 0 Å². The van der Waals surface area contributed by atoms with E-state index in [-0.39, 0.29) is 25.7 Å². The molecule has 0 aromatic rings. The van der Waals surface area contributed by atoms with Gasteiger partial charge in [0, 0.05) is 25.7 Å². The highest BCUT2D eigenvalue weighted by molar-refractivity contribution is 7.47. The summed E-state index contributed by atoms with van der Waals surface area (Å²) in [6.45, 7) is 4.19. The summed E-state index contributed by atoms with van der Waals surface area (Å²) < 4.78 is 68.4. The Morgan fingerprint density at radius 2 is 0.472 bits per heavy atom. The molecular formula is C87H136O17P2. The molecule has 19 heteroatoms. The van der Waals surface area contributed by atoms with Gasteiger partial charge in [-0.3, -0.25) is 37.3 Å². The number of ether oxygens (including phenoxy) is 4. The molecule has 5 unspecified atom stereocenters. The largest absolute Gasteiger partial charge is 0.472 e. The van der Waals surface area contributed by atoms with Crippen LogP contribution in [0, 0.1) is 0 Å². The van der Waals surface area contributed by atoms with E-state index in [1.807, 2.05) is 24.3 Å². The van der Waals surface area contributed by atoms with Crippen LogP contribution in [-0.4, -0.2) is 96.7 Å². The van der Waals surface area contributed by atoms with E-state index in [0.717, 1.165) is 161 Å². The summed E-state index contributed by atoms with van der Waals surface area (Å²) in [6, 6.07) is 0. The lowest BCUT2D eigenvalue weighted by Crippen LogP contribution is -2.30. The van der Waals surface area contributed by atoms with Crippen molar-refractivity contribution in [2.24, 2.45) is 0 Å². The minimum Gasteiger partial charge on any atom is -0.462 e. The van der Waals surface area contributed by atoms with E-state index in [1.165, 1.54) is 0 Å². The van der Waals surface area contributed by atoms with Gasteiger partial charge in [-0.2, -0.15) is 0 Å². The van der Waals surface area contributed by atoms with Crippen molar-refractivity contribution in [2.75, 3.05) is 39.6 Å². The first kappa shape index (κ1) is 99.6. The van der Waals surface area contributed by atoms with Gasteiger partial charge in [0.15, 0.2) is 12.2 Å². The van der Waals surface area contributed by atoms with Crippen molar-refractivity contribution in [3.8, 4) is 0 Å². The fourth-order valence-corrected chi connectivity index (χ4v) is 11.0.